The third-order valence-electron chi connectivity index (χ3n) is 5.32. The summed E-state index contributed by atoms with van der Waals surface area (Å²) in [6.07, 6.45) is -0.434. The van der Waals surface area contributed by atoms with E-state index in [1.807, 2.05) is 67.6 Å². The lowest BCUT2D eigenvalue weighted by Crippen LogP contribution is -2.37. The molecule has 7 heteroatoms. The molecule has 2 amide bonds. The topological polar surface area (TPSA) is 77.1 Å². The van der Waals surface area contributed by atoms with Crippen LogP contribution in [0.2, 0.25) is 0 Å². The summed E-state index contributed by atoms with van der Waals surface area (Å²) >= 11 is 0. The number of hydrogen-bond acceptors (Lipinski definition) is 5. The average molecular weight is 463 g/mol. The molecule has 0 heterocycles. The number of likely N-dealkylation sites (N-methyl/N-ethyl adjacent to an activating group) is 1. The summed E-state index contributed by atoms with van der Waals surface area (Å²) in [6, 6.07) is 24.2. The number of rotatable bonds is 10. The Morgan fingerprint density at radius 1 is 0.912 bits per heavy atom. The summed E-state index contributed by atoms with van der Waals surface area (Å²) in [5.41, 5.74) is 2.57. The molecule has 3 aromatic carbocycles. The van der Waals surface area contributed by atoms with Crippen molar-refractivity contribution >= 4 is 17.7 Å². The van der Waals surface area contributed by atoms with Gasteiger partial charge in [0.05, 0.1) is 13.7 Å². The molecule has 7 nitrogen and oxygen atoms in total. The molecule has 0 fully saturated rings. The molecule has 3 aromatic rings. The first kappa shape index (κ1) is 24.8. The summed E-state index contributed by atoms with van der Waals surface area (Å²) in [5.74, 6) is -0.202. The molecule has 0 saturated carbocycles. The third-order valence-corrected chi connectivity index (χ3v) is 5.32. The fourth-order valence-electron chi connectivity index (χ4n) is 3.50. The molecule has 0 bridgehead atoms. The standard InChI is InChI=1S/C27H30N2O5/c1-4-29(17-18-32-2)27(31)28-22-15-16-24(23(19-22)26(30)33-3)34-25(20-11-7-5-8-12-20)21-13-9-6-10-14-21/h5-16,19,25H,4,17-18H2,1-3H3,(H,28,31). The lowest BCUT2D eigenvalue weighted by atomic mass is 10.0. The second-order valence-electron chi connectivity index (χ2n) is 7.52. The van der Waals surface area contributed by atoms with Gasteiger partial charge in [-0.2, -0.15) is 0 Å². The number of benzene rings is 3. The summed E-state index contributed by atoms with van der Waals surface area (Å²) < 4.78 is 16.4. The van der Waals surface area contributed by atoms with E-state index in [0.29, 0.717) is 31.1 Å². The highest BCUT2D eigenvalue weighted by molar-refractivity contribution is 5.96. The maximum atomic E-state index is 12.6. The van der Waals surface area contributed by atoms with Crippen molar-refractivity contribution in [2.45, 2.75) is 13.0 Å². The number of carbonyl (C=O) groups excluding carboxylic acids is 2. The molecule has 178 valence electrons. The van der Waals surface area contributed by atoms with E-state index in [9.17, 15) is 9.59 Å². The van der Waals surface area contributed by atoms with Crippen LogP contribution < -0.4 is 10.1 Å². The number of ether oxygens (including phenoxy) is 3. The van der Waals surface area contributed by atoms with Crippen LogP contribution in [-0.2, 0) is 9.47 Å². The minimum absolute atomic E-state index is 0.220. The van der Waals surface area contributed by atoms with Crippen LogP contribution in [0, 0.1) is 0 Å². The summed E-state index contributed by atoms with van der Waals surface area (Å²) in [7, 11) is 2.90. The summed E-state index contributed by atoms with van der Waals surface area (Å²) in [6.45, 7) is 3.30. The van der Waals surface area contributed by atoms with E-state index >= 15 is 0 Å². The van der Waals surface area contributed by atoms with Crippen LogP contribution in [0.5, 0.6) is 5.75 Å². The predicted octanol–water partition coefficient (Wildman–Crippen LogP) is 5.14. The molecule has 0 atom stereocenters. The van der Waals surface area contributed by atoms with Crippen molar-refractivity contribution in [3.05, 3.63) is 95.6 Å². The fraction of sp³-hybridized carbons (Fsp3) is 0.259. The highest BCUT2D eigenvalue weighted by atomic mass is 16.5. The molecule has 3 rings (SSSR count). The largest absolute Gasteiger partial charge is 0.480 e. The summed E-state index contributed by atoms with van der Waals surface area (Å²) in [4.78, 5) is 26.9. The van der Waals surface area contributed by atoms with E-state index in [1.54, 1.807) is 30.2 Å². The zero-order valence-electron chi connectivity index (χ0n) is 19.7. The number of carbonyl (C=O) groups is 2. The molecule has 1 N–H and O–H groups in total. The quantitative estimate of drug-likeness (QED) is 0.422. The Labute approximate surface area is 200 Å². The number of amides is 2. The zero-order chi connectivity index (χ0) is 24.3. The van der Waals surface area contributed by atoms with Gasteiger partial charge in [-0.3, -0.25) is 0 Å². The van der Waals surface area contributed by atoms with Crippen LogP contribution in [0.15, 0.2) is 78.9 Å². The number of hydrogen-bond donors (Lipinski definition) is 1. The van der Waals surface area contributed by atoms with Crippen molar-refractivity contribution in [3.8, 4) is 5.75 Å². The van der Waals surface area contributed by atoms with Gasteiger partial charge in [-0.15, -0.1) is 0 Å². The first-order chi connectivity index (χ1) is 16.6. The van der Waals surface area contributed by atoms with Crippen LogP contribution in [0.25, 0.3) is 0 Å². The van der Waals surface area contributed by atoms with Gasteiger partial charge < -0.3 is 24.4 Å². The molecule has 0 aliphatic carbocycles. The normalized spacial score (nSPS) is 10.6. The van der Waals surface area contributed by atoms with Crippen molar-refractivity contribution in [2.75, 3.05) is 39.2 Å². The molecular formula is C27H30N2O5. The van der Waals surface area contributed by atoms with Crippen LogP contribution in [-0.4, -0.2) is 50.8 Å². The molecule has 0 unspecified atom stereocenters. The molecule has 0 aliphatic heterocycles. The molecule has 0 saturated heterocycles. The van der Waals surface area contributed by atoms with Crippen molar-refractivity contribution in [1.29, 1.82) is 0 Å². The second-order valence-corrected chi connectivity index (χ2v) is 7.52. The molecule has 0 aliphatic rings. The van der Waals surface area contributed by atoms with Gasteiger partial charge in [0.2, 0.25) is 0 Å². The zero-order valence-corrected chi connectivity index (χ0v) is 19.7. The number of nitrogens with zero attached hydrogens (tertiary/aromatic N) is 1. The Balaban J connectivity index is 1.91. The Kier molecular flexibility index (Phi) is 9.05. The van der Waals surface area contributed by atoms with Crippen LogP contribution in [0.4, 0.5) is 10.5 Å². The van der Waals surface area contributed by atoms with E-state index < -0.39 is 12.1 Å². The van der Waals surface area contributed by atoms with E-state index in [4.69, 9.17) is 14.2 Å². The first-order valence-corrected chi connectivity index (χ1v) is 11.1. The van der Waals surface area contributed by atoms with Gasteiger partial charge in [-0.1, -0.05) is 60.7 Å². The number of urea groups is 1. The van der Waals surface area contributed by atoms with Gasteiger partial charge in [0.15, 0.2) is 0 Å². The van der Waals surface area contributed by atoms with Crippen LogP contribution in [0.3, 0.4) is 0 Å². The highest BCUT2D eigenvalue weighted by Crippen LogP contribution is 2.32. The fourth-order valence-corrected chi connectivity index (χ4v) is 3.50. The van der Waals surface area contributed by atoms with Crippen LogP contribution in [0.1, 0.15) is 34.5 Å². The number of esters is 1. The van der Waals surface area contributed by atoms with Gasteiger partial charge >= 0.3 is 12.0 Å². The molecular weight excluding hydrogens is 432 g/mol. The number of nitrogens with one attached hydrogen (secondary N) is 1. The maximum Gasteiger partial charge on any atom is 0.341 e. The SMILES string of the molecule is CCN(CCOC)C(=O)Nc1ccc(OC(c2ccccc2)c2ccccc2)c(C(=O)OC)c1. The first-order valence-electron chi connectivity index (χ1n) is 11.1. The van der Waals surface area contributed by atoms with Gasteiger partial charge in [0, 0.05) is 25.9 Å². The Morgan fingerprint density at radius 2 is 1.53 bits per heavy atom. The monoisotopic (exact) mass is 462 g/mol. The number of anilines is 1. The van der Waals surface area contributed by atoms with E-state index in [-0.39, 0.29) is 11.6 Å². The van der Waals surface area contributed by atoms with E-state index in [0.717, 1.165) is 11.1 Å². The van der Waals surface area contributed by atoms with Crippen molar-refractivity contribution < 1.29 is 23.8 Å². The Morgan fingerprint density at radius 3 is 2.06 bits per heavy atom. The minimum atomic E-state index is -0.558. The van der Waals surface area contributed by atoms with Gasteiger partial charge in [0.1, 0.15) is 17.4 Å². The van der Waals surface area contributed by atoms with Crippen molar-refractivity contribution in [2.24, 2.45) is 0 Å². The minimum Gasteiger partial charge on any atom is -0.480 e. The number of methoxy groups -OCH3 is 2. The predicted molar refractivity (Wildman–Crippen MR) is 131 cm³/mol. The van der Waals surface area contributed by atoms with Gasteiger partial charge in [0.25, 0.3) is 0 Å². The average Bonchev–Trinajstić information content (AvgIpc) is 2.88. The Bertz CT molecular complexity index is 1030. The molecule has 0 aromatic heterocycles. The van der Waals surface area contributed by atoms with E-state index in [1.165, 1.54) is 7.11 Å². The van der Waals surface area contributed by atoms with Crippen molar-refractivity contribution in [3.63, 3.8) is 0 Å². The van der Waals surface area contributed by atoms with Gasteiger partial charge in [-0.25, -0.2) is 9.59 Å². The molecule has 0 radical (unpaired) electrons. The summed E-state index contributed by atoms with van der Waals surface area (Å²) in [5, 5.41) is 2.83. The lowest BCUT2D eigenvalue weighted by Gasteiger charge is -2.23. The Hall–Kier alpha value is -3.84. The second kappa shape index (κ2) is 12.4. The maximum absolute atomic E-state index is 12.6. The van der Waals surface area contributed by atoms with Crippen LogP contribution >= 0.6 is 0 Å². The molecule has 0 spiro atoms. The smallest absolute Gasteiger partial charge is 0.341 e. The molecule has 34 heavy (non-hydrogen) atoms. The third kappa shape index (κ3) is 6.36. The lowest BCUT2D eigenvalue weighted by molar-refractivity contribution is 0.0594. The van der Waals surface area contributed by atoms with Crippen molar-refractivity contribution in [1.82, 2.24) is 4.90 Å². The highest BCUT2D eigenvalue weighted by Gasteiger charge is 2.22. The van der Waals surface area contributed by atoms with Gasteiger partial charge in [-0.05, 0) is 36.2 Å². The van der Waals surface area contributed by atoms with E-state index in [2.05, 4.69) is 5.32 Å².